The summed E-state index contributed by atoms with van der Waals surface area (Å²) in [6.45, 7) is 5.03. The second-order valence-corrected chi connectivity index (χ2v) is 4.51. The molecule has 94 valence electrons. The van der Waals surface area contributed by atoms with Crippen molar-refractivity contribution in [3.63, 3.8) is 0 Å². The summed E-state index contributed by atoms with van der Waals surface area (Å²) in [6.07, 6.45) is 1.06. The van der Waals surface area contributed by atoms with E-state index in [1.54, 1.807) is 0 Å². The van der Waals surface area contributed by atoms with Gasteiger partial charge in [-0.05, 0) is 36.1 Å². The van der Waals surface area contributed by atoms with Gasteiger partial charge in [-0.1, -0.05) is 43.3 Å². The average Bonchev–Trinajstić information content (AvgIpc) is 2.41. The molecule has 0 aromatic heterocycles. The Kier molecular flexibility index (Phi) is 3.88. The third kappa shape index (κ3) is 2.65. The van der Waals surface area contributed by atoms with Gasteiger partial charge in [-0.2, -0.15) is 0 Å². The minimum atomic E-state index is 0.817. The van der Waals surface area contributed by atoms with Crippen LogP contribution in [0.3, 0.4) is 0 Å². The maximum atomic E-state index is 6.05. The molecule has 3 N–H and O–H groups in total. The molecule has 0 amide bonds. The lowest BCUT2D eigenvalue weighted by atomic mass is 10.1. The van der Waals surface area contributed by atoms with Crippen molar-refractivity contribution < 1.29 is 0 Å². The Bertz CT molecular complexity index is 532. The fourth-order valence-electron chi connectivity index (χ4n) is 2.10. The van der Waals surface area contributed by atoms with E-state index in [0.29, 0.717) is 0 Å². The van der Waals surface area contributed by atoms with Gasteiger partial charge in [0.05, 0.1) is 11.4 Å². The zero-order valence-electron chi connectivity index (χ0n) is 11.0. The van der Waals surface area contributed by atoms with E-state index in [2.05, 4.69) is 36.5 Å². The number of hydrogen-bond acceptors (Lipinski definition) is 2. The van der Waals surface area contributed by atoms with Crippen LogP contribution in [0.15, 0.2) is 42.5 Å². The molecular weight excluding hydrogens is 220 g/mol. The van der Waals surface area contributed by atoms with Crippen LogP contribution in [0, 0.1) is 6.92 Å². The molecule has 0 aliphatic carbocycles. The van der Waals surface area contributed by atoms with Gasteiger partial charge >= 0.3 is 0 Å². The number of rotatable bonds is 4. The number of nitrogens with one attached hydrogen (secondary N) is 1. The number of nitrogen functional groups attached to an aromatic ring is 1. The molecular formula is C16H20N2. The van der Waals surface area contributed by atoms with Crippen molar-refractivity contribution >= 4 is 11.4 Å². The molecule has 2 aromatic rings. The van der Waals surface area contributed by atoms with Crippen LogP contribution < -0.4 is 11.1 Å². The third-order valence-electron chi connectivity index (χ3n) is 3.29. The Balaban J connectivity index is 2.14. The second-order valence-electron chi connectivity index (χ2n) is 4.51. The number of para-hydroxylation sites is 1. The van der Waals surface area contributed by atoms with Gasteiger partial charge in [0.15, 0.2) is 0 Å². The minimum Gasteiger partial charge on any atom is -0.397 e. The van der Waals surface area contributed by atoms with E-state index in [0.717, 1.165) is 29.9 Å². The lowest BCUT2D eigenvalue weighted by Gasteiger charge is -2.13. The van der Waals surface area contributed by atoms with Crippen LogP contribution in [0.4, 0.5) is 11.4 Å². The molecule has 0 fully saturated rings. The minimum absolute atomic E-state index is 0.817. The number of benzene rings is 2. The Morgan fingerprint density at radius 1 is 1.00 bits per heavy atom. The molecule has 0 spiro atoms. The summed E-state index contributed by atoms with van der Waals surface area (Å²) in [4.78, 5) is 0. The Labute approximate surface area is 109 Å². The van der Waals surface area contributed by atoms with Gasteiger partial charge in [-0.25, -0.2) is 0 Å². The van der Waals surface area contributed by atoms with Crippen molar-refractivity contribution in [1.82, 2.24) is 0 Å². The van der Waals surface area contributed by atoms with Crippen LogP contribution in [0.5, 0.6) is 0 Å². The van der Waals surface area contributed by atoms with Crippen molar-refractivity contribution in [1.29, 1.82) is 0 Å². The van der Waals surface area contributed by atoms with E-state index in [4.69, 9.17) is 5.73 Å². The van der Waals surface area contributed by atoms with Crippen LogP contribution in [0.25, 0.3) is 0 Å². The first-order valence-corrected chi connectivity index (χ1v) is 6.38. The molecule has 0 heterocycles. The molecule has 0 saturated carbocycles. The Hall–Kier alpha value is -1.96. The number of hydrogen-bond donors (Lipinski definition) is 2. The first-order valence-electron chi connectivity index (χ1n) is 6.38. The highest BCUT2D eigenvalue weighted by Gasteiger charge is 2.03. The lowest BCUT2D eigenvalue weighted by molar-refractivity contribution is 1.04. The molecule has 0 atom stereocenters. The monoisotopic (exact) mass is 240 g/mol. The predicted octanol–water partition coefficient (Wildman–Crippen LogP) is 3.75. The summed E-state index contributed by atoms with van der Waals surface area (Å²) >= 11 is 0. The molecule has 2 aromatic carbocycles. The number of anilines is 2. The maximum absolute atomic E-state index is 6.05. The van der Waals surface area contributed by atoms with Gasteiger partial charge < -0.3 is 11.1 Å². The smallest absolute Gasteiger partial charge is 0.0579 e. The summed E-state index contributed by atoms with van der Waals surface area (Å²) in [5.41, 5.74) is 11.7. The standard InChI is InChI=1S/C16H20N2/c1-3-13-8-4-5-9-14(13)11-18-15-10-6-7-12(2)16(15)17/h4-10,18H,3,11,17H2,1-2H3. The highest BCUT2D eigenvalue weighted by molar-refractivity contribution is 5.69. The third-order valence-corrected chi connectivity index (χ3v) is 3.29. The normalized spacial score (nSPS) is 10.3. The van der Waals surface area contributed by atoms with Crippen molar-refractivity contribution in [2.45, 2.75) is 26.8 Å². The van der Waals surface area contributed by atoms with Crippen molar-refractivity contribution in [3.8, 4) is 0 Å². The topological polar surface area (TPSA) is 38.0 Å². The molecule has 0 unspecified atom stereocenters. The fourth-order valence-corrected chi connectivity index (χ4v) is 2.10. The SMILES string of the molecule is CCc1ccccc1CNc1cccc(C)c1N. The summed E-state index contributed by atoms with van der Waals surface area (Å²) < 4.78 is 0. The van der Waals surface area contributed by atoms with Crippen molar-refractivity contribution in [2.24, 2.45) is 0 Å². The summed E-state index contributed by atoms with van der Waals surface area (Å²) in [6, 6.07) is 14.6. The van der Waals surface area contributed by atoms with E-state index in [9.17, 15) is 0 Å². The quantitative estimate of drug-likeness (QED) is 0.799. The zero-order chi connectivity index (χ0) is 13.0. The Morgan fingerprint density at radius 2 is 1.72 bits per heavy atom. The van der Waals surface area contributed by atoms with E-state index >= 15 is 0 Å². The van der Waals surface area contributed by atoms with E-state index < -0.39 is 0 Å². The molecule has 0 aliphatic heterocycles. The summed E-state index contributed by atoms with van der Waals surface area (Å²) in [5.74, 6) is 0. The summed E-state index contributed by atoms with van der Waals surface area (Å²) in [5, 5.41) is 3.42. The van der Waals surface area contributed by atoms with Gasteiger partial charge in [0, 0.05) is 6.54 Å². The van der Waals surface area contributed by atoms with E-state index in [1.165, 1.54) is 11.1 Å². The zero-order valence-corrected chi connectivity index (χ0v) is 11.0. The van der Waals surface area contributed by atoms with Gasteiger partial charge in [0.25, 0.3) is 0 Å². The maximum Gasteiger partial charge on any atom is 0.0579 e. The second kappa shape index (κ2) is 5.58. The first kappa shape index (κ1) is 12.5. The van der Waals surface area contributed by atoms with Gasteiger partial charge in [0.2, 0.25) is 0 Å². The molecule has 0 aliphatic rings. The van der Waals surface area contributed by atoms with Crippen molar-refractivity contribution in [2.75, 3.05) is 11.1 Å². The van der Waals surface area contributed by atoms with E-state index in [1.807, 2.05) is 25.1 Å². The first-order chi connectivity index (χ1) is 8.72. The highest BCUT2D eigenvalue weighted by atomic mass is 14.9. The number of aryl methyl sites for hydroxylation is 2. The van der Waals surface area contributed by atoms with Crippen LogP contribution in [0.2, 0.25) is 0 Å². The van der Waals surface area contributed by atoms with E-state index in [-0.39, 0.29) is 0 Å². The van der Waals surface area contributed by atoms with Crippen LogP contribution in [-0.4, -0.2) is 0 Å². The van der Waals surface area contributed by atoms with Gasteiger partial charge in [-0.3, -0.25) is 0 Å². The molecule has 0 bridgehead atoms. The molecule has 2 heteroatoms. The molecule has 0 radical (unpaired) electrons. The largest absolute Gasteiger partial charge is 0.397 e. The summed E-state index contributed by atoms with van der Waals surface area (Å²) in [7, 11) is 0. The Morgan fingerprint density at radius 3 is 2.44 bits per heavy atom. The molecule has 0 saturated heterocycles. The molecule has 2 rings (SSSR count). The predicted molar refractivity (Wildman–Crippen MR) is 78.7 cm³/mol. The van der Waals surface area contributed by atoms with Crippen LogP contribution in [0.1, 0.15) is 23.6 Å². The van der Waals surface area contributed by atoms with Crippen LogP contribution >= 0.6 is 0 Å². The fraction of sp³-hybridized carbons (Fsp3) is 0.250. The number of nitrogens with two attached hydrogens (primary N) is 1. The molecule has 2 nitrogen and oxygen atoms in total. The van der Waals surface area contributed by atoms with Crippen molar-refractivity contribution in [3.05, 3.63) is 59.2 Å². The van der Waals surface area contributed by atoms with Gasteiger partial charge in [-0.15, -0.1) is 0 Å². The van der Waals surface area contributed by atoms with Gasteiger partial charge in [0.1, 0.15) is 0 Å². The lowest BCUT2D eigenvalue weighted by Crippen LogP contribution is -2.05. The molecule has 18 heavy (non-hydrogen) atoms. The van der Waals surface area contributed by atoms with Crippen LogP contribution in [-0.2, 0) is 13.0 Å². The highest BCUT2D eigenvalue weighted by Crippen LogP contribution is 2.22. The average molecular weight is 240 g/mol.